The highest BCUT2D eigenvalue weighted by Crippen LogP contribution is 2.32. The number of phenolic OH excluding ortho intramolecular Hbond substituents is 1. The second kappa shape index (κ2) is 12.6. The Morgan fingerprint density at radius 1 is 1.00 bits per heavy atom. The van der Waals surface area contributed by atoms with Gasteiger partial charge in [-0.1, -0.05) is 12.1 Å². The minimum Gasteiger partial charge on any atom is -0.504 e. The molecule has 0 aromatic heterocycles. The van der Waals surface area contributed by atoms with Crippen LogP contribution in [0, 0.1) is 0 Å². The summed E-state index contributed by atoms with van der Waals surface area (Å²) in [5.41, 5.74) is 1.53. The van der Waals surface area contributed by atoms with Gasteiger partial charge in [-0.2, -0.15) is 0 Å². The Bertz CT molecular complexity index is 1060. The third-order valence-corrected chi connectivity index (χ3v) is 5.66. The number of aliphatic hydroxyl groups is 4. The zero-order valence-corrected chi connectivity index (χ0v) is 19.9. The molecule has 1 heterocycles. The highest BCUT2D eigenvalue weighted by atomic mass is 16.7. The lowest BCUT2D eigenvalue weighted by Crippen LogP contribution is -2.60. The van der Waals surface area contributed by atoms with Crippen LogP contribution in [0.2, 0.25) is 0 Å². The fourth-order valence-corrected chi connectivity index (χ4v) is 3.61. The maximum absolute atomic E-state index is 12.2. The molecule has 1 saturated heterocycles. The molecule has 2 aromatic rings. The van der Waals surface area contributed by atoms with E-state index in [-0.39, 0.29) is 23.2 Å². The summed E-state index contributed by atoms with van der Waals surface area (Å²) < 4.78 is 21.4. The van der Waals surface area contributed by atoms with Gasteiger partial charge in [0.2, 0.25) is 12.2 Å². The van der Waals surface area contributed by atoms with Crippen molar-refractivity contribution in [2.45, 2.75) is 37.1 Å². The van der Waals surface area contributed by atoms with Crippen molar-refractivity contribution < 1.29 is 49.3 Å². The number of carbonyl (C=O) groups is 1. The van der Waals surface area contributed by atoms with Crippen LogP contribution in [0.1, 0.15) is 11.1 Å². The molecule has 2 aromatic carbocycles. The molecule has 36 heavy (non-hydrogen) atoms. The summed E-state index contributed by atoms with van der Waals surface area (Å²) in [7, 11) is 2.88. The van der Waals surface area contributed by atoms with Gasteiger partial charge < -0.3 is 49.8 Å². The minimum atomic E-state index is -1.57. The molecule has 0 radical (unpaired) electrons. The number of hydrogen-bond acceptors (Lipinski definition) is 10. The van der Waals surface area contributed by atoms with Crippen LogP contribution >= 0.6 is 0 Å². The first-order chi connectivity index (χ1) is 17.3. The van der Waals surface area contributed by atoms with Crippen LogP contribution in [0.15, 0.2) is 42.5 Å². The number of methoxy groups -OCH3 is 2. The zero-order chi connectivity index (χ0) is 26.2. The smallest absolute Gasteiger partial charge is 0.244 e. The number of amides is 1. The Morgan fingerprint density at radius 3 is 2.44 bits per heavy atom. The van der Waals surface area contributed by atoms with Gasteiger partial charge in [-0.3, -0.25) is 4.79 Å². The molecule has 3 rings (SSSR count). The lowest BCUT2D eigenvalue weighted by atomic mass is 9.99. The van der Waals surface area contributed by atoms with Gasteiger partial charge in [0, 0.05) is 12.6 Å². The first-order valence-corrected chi connectivity index (χ1v) is 11.2. The number of phenols is 1. The van der Waals surface area contributed by atoms with Gasteiger partial charge in [-0.05, 0) is 47.9 Å². The number of nitrogens with one attached hydrogen (secondary N) is 1. The van der Waals surface area contributed by atoms with Crippen molar-refractivity contribution in [3.63, 3.8) is 0 Å². The van der Waals surface area contributed by atoms with Gasteiger partial charge >= 0.3 is 0 Å². The lowest BCUT2D eigenvalue weighted by Gasteiger charge is -2.39. The lowest BCUT2D eigenvalue weighted by molar-refractivity contribution is -0.277. The molecule has 1 fully saturated rings. The fourth-order valence-electron chi connectivity index (χ4n) is 3.61. The molecule has 1 amide bonds. The van der Waals surface area contributed by atoms with E-state index >= 15 is 0 Å². The van der Waals surface area contributed by atoms with Gasteiger partial charge in [0.15, 0.2) is 23.0 Å². The third-order valence-electron chi connectivity index (χ3n) is 5.66. The predicted molar refractivity (Wildman–Crippen MR) is 128 cm³/mol. The maximum atomic E-state index is 12.2. The number of hydrogen-bond donors (Lipinski definition) is 6. The largest absolute Gasteiger partial charge is 0.504 e. The van der Waals surface area contributed by atoms with Crippen LogP contribution in [0.3, 0.4) is 0 Å². The van der Waals surface area contributed by atoms with Crippen molar-refractivity contribution in [2.24, 2.45) is 0 Å². The first-order valence-electron chi connectivity index (χ1n) is 11.2. The van der Waals surface area contributed by atoms with Gasteiger partial charge in [0.25, 0.3) is 0 Å². The van der Waals surface area contributed by atoms with Crippen molar-refractivity contribution in [3.8, 4) is 23.0 Å². The van der Waals surface area contributed by atoms with E-state index in [4.69, 9.17) is 18.9 Å². The Labute approximate surface area is 208 Å². The number of benzene rings is 2. The molecular formula is C25H31NO10. The third kappa shape index (κ3) is 6.65. The van der Waals surface area contributed by atoms with Crippen molar-refractivity contribution in [1.29, 1.82) is 0 Å². The van der Waals surface area contributed by atoms with E-state index in [9.17, 15) is 30.3 Å². The molecule has 6 N–H and O–H groups in total. The average Bonchev–Trinajstić information content (AvgIpc) is 2.89. The van der Waals surface area contributed by atoms with Crippen LogP contribution in [-0.2, 0) is 16.0 Å². The van der Waals surface area contributed by atoms with Crippen LogP contribution in [0.25, 0.3) is 6.08 Å². The summed E-state index contributed by atoms with van der Waals surface area (Å²) in [4.78, 5) is 12.2. The fraction of sp³-hybridized carbons (Fsp3) is 0.400. The zero-order valence-electron chi connectivity index (χ0n) is 19.9. The molecule has 0 saturated carbocycles. The summed E-state index contributed by atoms with van der Waals surface area (Å²) >= 11 is 0. The average molecular weight is 506 g/mol. The normalized spacial score (nSPS) is 23.9. The van der Waals surface area contributed by atoms with Crippen molar-refractivity contribution >= 4 is 12.0 Å². The highest BCUT2D eigenvalue weighted by molar-refractivity contribution is 5.91. The van der Waals surface area contributed by atoms with E-state index in [2.05, 4.69) is 5.32 Å². The molecule has 11 heteroatoms. The molecule has 11 nitrogen and oxygen atoms in total. The molecule has 0 aliphatic carbocycles. The van der Waals surface area contributed by atoms with E-state index in [1.165, 1.54) is 32.4 Å². The number of carbonyl (C=O) groups excluding carboxylic acids is 1. The van der Waals surface area contributed by atoms with Crippen molar-refractivity contribution in [3.05, 3.63) is 53.6 Å². The molecule has 0 spiro atoms. The number of aliphatic hydroxyl groups excluding tert-OH is 4. The molecule has 0 bridgehead atoms. The van der Waals surface area contributed by atoms with Crippen LogP contribution < -0.4 is 19.5 Å². The quantitative estimate of drug-likeness (QED) is 0.241. The van der Waals surface area contributed by atoms with Crippen LogP contribution in [0.5, 0.6) is 23.0 Å². The van der Waals surface area contributed by atoms with Crippen LogP contribution in [-0.4, -0.2) is 89.5 Å². The van der Waals surface area contributed by atoms with Crippen molar-refractivity contribution in [1.82, 2.24) is 5.32 Å². The topological polar surface area (TPSA) is 167 Å². The summed E-state index contributed by atoms with van der Waals surface area (Å²) in [5, 5.41) is 51.8. The van der Waals surface area contributed by atoms with E-state index < -0.39 is 37.3 Å². The first kappa shape index (κ1) is 27.2. The van der Waals surface area contributed by atoms with E-state index in [0.29, 0.717) is 24.3 Å². The Kier molecular flexibility index (Phi) is 9.51. The van der Waals surface area contributed by atoms with E-state index in [1.54, 1.807) is 30.3 Å². The monoisotopic (exact) mass is 505 g/mol. The maximum Gasteiger partial charge on any atom is 0.244 e. The Morgan fingerprint density at radius 2 is 1.75 bits per heavy atom. The number of aromatic hydroxyl groups is 1. The second-order valence-corrected chi connectivity index (χ2v) is 8.11. The van der Waals surface area contributed by atoms with Crippen LogP contribution in [0.4, 0.5) is 0 Å². The summed E-state index contributed by atoms with van der Waals surface area (Å²) in [5.74, 6) is 0.574. The molecular weight excluding hydrogens is 474 g/mol. The van der Waals surface area contributed by atoms with Gasteiger partial charge in [-0.25, -0.2) is 0 Å². The summed E-state index contributed by atoms with van der Waals surface area (Å²) in [6, 6.07) is 9.78. The molecule has 1 aliphatic rings. The molecule has 196 valence electrons. The predicted octanol–water partition coefficient (Wildman–Crippen LogP) is -0.0398. The number of ether oxygens (including phenoxy) is 4. The standard InChI is InChI=1S/C25H31NO10/c1-33-18-11-15(3-6-16(18)28)9-10-26-21(29)8-5-14-4-7-17(19(12-14)34-2)35-25-24(32)23(31)22(30)20(13-27)36-25/h3-8,11-12,20,22-25,27-28,30-32H,9-10,13H2,1-2H3,(H,26,29)/b8-5+/t20-,22-,23-,24-,25-/m1/s1. The van der Waals surface area contributed by atoms with Gasteiger partial charge in [-0.15, -0.1) is 0 Å². The highest BCUT2D eigenvalue weighted by Gasteiger charge is 2.44. The SMILES string of the molecule is COc1cc(CCNC(=O)/C=C/c2ccc(O[C@@H]3O[C@H](CO)[C@@H](O)[C@@H](O)[C@H]3O)c(OC)c2)ccc1O. The second-order valence-electron chi connectivity index (χ2n) is 8.11. The van der Waals surface area contributed by atoms with Crippen molar-refractivity contribution in [2.75, 3.05) is 27.4 Å². The Balaban J connectivity index is 1.57. The Hall–Kier alpha value is -3.35. The van der Waals surface area contributed by atoms with Gasteiger partial charge in [0.05, 0.1) is 20.8 Å². The van der Waals surface area contributed by atoms with E-state index in [1.807, 2.05) is 0 Å². The number of rotatable bonds is 10. The summed E-state index contributed by atoms with van der Waals surface area (Å²) in [6.45, 7) is -0.191. The molecule has 5 atom stereocenters. The van der Waals surface area contributed by atoms with Gasteiger partial charge in [0.1, 0.15) is 24.4 Å². The molecule has 0 unspecified atom stereocenters. The summed E-state index contributed by atoms with van der Waals surface area (Å²) in [6.07, 6.45) is -3.57. The minimum absolute atomic E-state index is 0.0493. The molecule has 1 aliphatic heterocycles. The van der Waals surface area contributed by atoms with E-state index in [0.717, 1.165) is 5.56 Å².